The number of aryl methyl sites for hydroxylation is 1. The number of hydrogen-bond donors (Lipinski definition) is 1. The molecule has 0 fully saturated rings. The molecule has 0 spiro atoms. The van der Waals surface area contributed by atoms with Gasteiger partial charge in [0.05, 0.1) is 5.02 Å². The van der Waals surface area contributed by atoms with Crippen LogP contribution in [0, 0.1) is 6.92 Å². The van der Waals surface area contributed by atoms with Crippen LogP contribution in [0.1, 0.15) is 18.2 Å². The van der Waals surface area contributed by atoms with Gasteiger partial charge in [0.1, 0.15) is 11.5 Å². The first-order valence-electron chi connectivity index (χ1n) is 5.36. The van der Waals surface area contributed by atoms with Crippen molar-refractivity contribution >= 4 is 17.4 Å². The summed E-state index contributed by atoms with van der Waals surface area (Å²) >= 11 is 5.78. The Labute approximate surface area is 105 Å². The lowest BCUT2D eigenvalue weighted by Crippen LogP contribution is -2.05. The lowest BCUT2D eigenvalue weighted by atomic mass is 10.1. The van der Waals surface area contributed by atoms with E-state index in [0.717, 1.165) is 17.7 Å². The summed E-state index contributed by atoms with van der Waals surface area (Å²) in [6.07, 6.45) is 2.39. The minimum Gasteiger partial charge on any atom is -0.383 e. The van der Waals surface area contributed by atoms with Gasteiger partial charge in [-0.3, -0.25) is 4.98 Å². The van der Waals surface area contributed by atoms with E-state index >= 15 is 0 Å². The fourth-order valence-corrected chi connectivity index (χ4v) is 1.79. The van der Waals surface area contributed by atoms with Crippen LogP contribution in [0.3, 0.4) is 0 Å². The highest BCUT2D eigenvalue weighted by Crippen LogP contribution is 2.20. The Kier molecular flexibility index (Phi) is 3.24. The first kappa shape index (κ1) is 11.8. The molecule has 17 heavy (non-hydrogen) atoms. The summed E-state index contributed by atoms with van der Waals surface area (Å²) in [4.78, 5) is 12.8. The summed E-state index contributed by atoms with van der Waals surface area (Å²) in [7, 11) is 0. The zero-order valence-corrected chi connectivity index (χ0v) is 10.5. The lowest BCUT2D eigenvalue weighted by Gasteiger charge is -2.08. The van der Waals surface area contributed by atoms with Crippen molar-refractivity contribution in [1.82, 2.24) is 15.0 Å². The maximum atomic E-state index is 5.90. The van der Waals surface area contributed by atoms with Gasteiger partial charge in [0.25, 0.3) is 0 Å². The predicted molar refractivity (Wildman–Crippen MR) is 68.8 cm³/mol. The second kappa shape index (κ2) is 4.67. The highest BCUT2D eigenvalue weighted by atomic mass is 35.5. The SMILES string of the molecule is CCc1c(C)nc(-c2ccc(Cl)cn2)nc1N. The van der Waals surface area contributed by atoms with Crippen molar-refractivity contribution in [3.8, 4) is 11.5 Å². The van der Waals surface area contributed by atoms with Crippen LogP contribution in [0.4, 0.5) is 5.82 Å². The monoisotopic (exact) mass is 248 g/mol. The zero-order chi connectivity index (χ0) is 12.4. The van der Waals surface area contributed by atoms with Gasteiger partial charge in [0.2, 0.25) is 0 Å². The molecule has 88 valence electrons. The Balaban J connectivity index is 2.50. The molecule has 0 bridgehead atoms. The molecule has 0 aromatic carbocycles. The van der Waals surface area contributed by atoms with Gasteiger partial charge in [-0.2, -0.15) is 0 Å². The number of aromatic nitrogens is 3. The number of anilines is 1. The Morgan fingerprint density at radius 3 is 2.59 bits per heavy atom. The fraction of sp³-hybridized carbons (Fsp3) is 0.250. The number of nitrogen functional groups attached to an aromatic ring is 1. The molecule has 0 aliphatic carbocycles. The van der Waals surface area contributed by atoms with Crippen molar-refractivity contribution in [2.24, 2.45) is 0 Å². The first-order valence-corrected chi connectivity index (χ1v) is 5.74. The summed E-state index contributed by atoms with van der Waals surface area (Å²) in [6, 6.07) is 3.54. The van der Waals surface area contributed by atoms with Gasteiger partial charge in [0.15, 0.2) is 5.82 Å². The molecule has 0 saturated carbocycles. The van der Waals surface area contributed by atoms with E-state index in [9.17, 15) is 0 Å². The Morgan fingerprint density at radius 1 is 1.29 bits per heavy atom. The molecule has 0 atom stereocenters. The number of halogens is 1. The van der Waals surface area contributed by atoms with Crippen molar-refractivity contribution in [3.05, 3.63) is 34.6 Å². The molecular weight excluding hydrogens is 236 g/mol. The normalized spacial score (nSPS) is 10.5. The molecule has 5 heteroatoms. The van der Waals surface area contributed by atoms with Crippen LogP contribution in [-0.2, 0) is 6.42 Å². The highest BCUT2D eigenvalue weighted by molar-refractivity contribution is 6.30. The molecule has 2 aromatic heterocycles. The summed E-state index contributed by atoms with van der Waals surface area (Å²) in [5, 5.41) is 0.587. The Bertz CT molecular complexity index is 514. The van der Waals surface area contributed by atoms with Crippen molar-refractivity contribution in [3.63, 3.8) is 0 Å². The van der Waals surface area contributed by atoms with Gasteiger partial charge < -0.3 is 5.73 Å². The molecule has 0 aliphatic rings. The first-order chi connectivity index (χ1) is 8.11. The Morgan fingerprint density at radius 2 is 2.06 bits per heavy atom. The molecular formula is C12H13ClN4. The Hall–Kier alpha value is -1.68. The average molecular weight is 249 g/mol. The third-order valence-corrected chi connectivity index (χ3v) is 2.78. The van der Waals surface area contributed by atoms with Gasteiger partial charge in [-0.05, 0) is 25.5 Å². The lowest BCUT2D eigenvalue weighted by molar-refractivity contribution is 1.00. The number of nitrogens with zero attached hydrogens (tertiary/aromatic N) is 3. The average Bonchev–Trinajstić information content (AvgIpc) is 2.29. The smallest absolute Gasteiger partial charge is 0.180 e. The van der Waals surface area contributed by atoms with E-state index in [1.54, 1.807) is 18.3 Å². The van der Waals surface area contributed by atoms with Crippen LogP contribution in [0.15, 0.2) is 18.3 Å². The van der Waals surface area contributed by atoms with Gasteiger partial charge in [-0.15, -0.1) is 0 Å². The third-order valence-electron chi connectivity index (χ3n) is 2.56. The van der Waals surface area contributed by atoms with Crippen molar-refractivity contribution in [2.45, 2.75) is 20.3 Å². The largest absolute Gasteiger partial charge is 0.383 e. The van der Waals surface area contributed by atoms with E-state index in [1.165, 1.54) is 0 Å². The highest BCUT2D eigenvalue weighted by Gasteiger charge is 2.09. The number of nitrogens with two attached hydrogens (primary N) is 1. The fourth-order valence-electron chi connectivity index (χ4n) is 1.68. The van der Waals surface area contributed by atoms with E-state index in [-0.39, 0.29) is 0 Å². The molecule has 0 unspecified atom stereocenters. The van der Waals surface area contributed by atoms with Crippen molar-refractivity contribution in [1.29, 1.82) is 0 Å². The minimum atomic E-state index is 0.520. The van der Waals surface area contributed by atoms with E-state index < -0.39 is 0 Å². The van der Waals surface area contributed by atoms with Gasteiger partial charge >= 0.3 is 0 Å². The van der Waals surface area contributed by atoms with E-state index in [0.29, 0.717) is 22.4 Å². The topological polar surface area (TPSA) is 64.7 Å². The van der Waals surface area contributed by atoms with Crippen LogP contribution in [0.2, 0.25) is 5.02 Å². The molecule has 0 saturated heterocycles. The van der Waals surface area contributed by atoms with Crippen molar-refractivity contribution in [2.75, 3.05) is 5.73 Å². The zero-order valence-electron chi connectivity index (χ0n) is 9.74. The van der Waals surface area contributed by atoms with E-state index in [2.05, 4.69) is 15.0 Å². The maximum Gasteiger partial charge on any atom is 0.180 e. The van der Waals surface area contributed by atoms with Crippen LogP contribution < -0.4 is 5.73 Å². The van der Waals surface area contributed by atoms with E-state index in [4.69, 9.17) is 17.3 Å². The molecule has 2 aromatic rings. The predicted octanol–water partition coefficient (Wildman–Crippen LogP) is 2.65. The molecule has 0 amide bonds. The molecule has 2 N–H and O–H groups in total. The number of rotatable bonds is 2. The second-order valence-electron chi connectivity index (χ2n) is 3.71. The molecule has 0 radical (unpaired) electrons. The van der Waals surface area contributed by atoms with Crippen LogP contribution in [-0.4, -0.2) is 15.0 Å². The number of hydrogen-bond acceptors (Lipinski definition) is 4. The summed E-state index contributed by atoms with van der Waals surface area (Å²) < 4.78 is 0. The molecule has 0 aliphatic heterocycles. The molecule has 2 rings (SSSR count). The van der Waals surface area contributed by atoms with Crippen LogP contribution >= 0.6 is 11.6 Å². The summed E-state index contributed by atoms with van der Waals surface area (Å²) in [5.74, 6) is 1.06. The number of pyridine rings is 1. The summed E-state index contributed by atoms with van der Waals surface area (Å²) in [5.41, 5.74) is 8.45. The molecule has 4 nitrogen and oxygen atoms in total. The second-order valence-corrected chi connectivity index (χ2v) is 4.15. The molecule has 2 heterocycles. The van der Waals surface area contributed by atoms with Crippen LogP contribution in [0.25, 0.3) is 11.5 Å². The van der Waals surface area contributed by atoms with Gasteiger partial charge in [0, 0.05) is 17.5 Å². The quantitative estimate of drug-likeness (QED) is 0.887. The standard InChI is InChI=1S/C12H13ClN4/c1-3-9-7(2)16-12(17-11(9)14)10-5-4-8(13)6-15-10/h4-6H,3H2,1-2H3,(H2,14,16,17). The van der Waals surface area contributed by atoms with E-state index in [1.807, 2.05) is 13.8 Å². The van der Waals surface area contributed by atoms with Gasteiger partial charge in [-0.1, -0.05) is 18.5 Å². The van der Waals surface area contributed by atoms with Crippen LogP contribution in [0.5, 0.6) is 0 Å². The summed E-state index contributed by atoms with van der Waals surface area (Å²) in [6.45, 7) is 3.96. The maximum absolute atomic E-state index is 5.90. The minimum absolute atomic E-state index is 0.520. The third kappa shape index (κ3) is 2.36. The van der Waals surface area contributed by atoms with Crippen molar-refractivity contribution < 1.29 is 0 Å². The van der Waals surface area contributed by atoms with Gasteiger partial charge in [-0.25, -0.2) is 9.97 Å².